The number of nitro groups is 1. The number of rotatable bonds is 10. The Labute approximate surface area is 232 Å². The average Bonchev–Trinajstić information content (AvgIpc) is 3.17. The van der Waals surface area contributed by atoms with E-state index in [1.807, 2.05) is 0 Å². The van der Waals surface area contributed by atoms with E-state index in [0.29, 0.717) is 34.4 Å². The fourth-order valence-corrected chi connectivity index (χ4v) is 4.70. The molecular formula is C27H22ClN3O7S. The Bertz CT molecular complexity index is 1480. The van der Waals surface area contributed by atoms with Crippen molar-refractivity contribution in [2.45, 2.75) is 13.5 Å². The Balaban J connectivity index is 1.47. The molecule has 39 heavy (non-hydrogen) atoms. The van der Waals surface area contributed by atoms with Gasteiger partial charge in [0.2, 0.25) is 0 Å². The van der Waals surface area contributed by atoms with Crippen molar-refractivity contribution in [3.05, 3.63) is 97.9 Å². The van der Waals surface area contributed by atoms with Crippen LogP contribution in [-0.4, -0.2) is 40.1 Å². The number of halogens is 1. The average molecular weight is 568 g/mol. The van der Waals surface area contributed by atoms with Crippen LogP contribution in [-0.2, 0) is 16.1 Å². The molecule has 1 aliphatic rings. The van der Waals surface area contributed by atoms with Crippen molar-refractivity contribution in [3.8, 4) is 11.5 Å². The maximum Gasteiger partial charge on any atom is 0.293 e. The van der Waals surface area contributed by atoms with E-state index >= 15 is 0 Å². The number of imide groups is 1. The number of hydrogen-bond acceptors (Lipinski definition) is 8. The maximum atomic E-state index is 13.0. The molecule has 0 aliphatic carbocycles. The molecule has 0 unspecified atom stereocenters. The molecule has 0 bridgehead atoms. The molecule has 1 saturated heterocycles. The van der Waals surface area contributed by atoms with Crippen LogP contribution in [0.25, 0.3) is 6.08 Å². The predicted octanol–water partition coefficient (Wildman–Crippen LogP) is 5.90. The van der Waals surface area contributed by atoms with Gasteiger partial charge in [0.1, 0.15) is 0 Å². The summed E-state index contributed by atoms with van der Waals surface area (Å²) in [5.41, 5.74) is 1.11. The number of ether oxygens (including phenoxy) is 2. The first-order valence-electron chi connectivity index (χ1n) is 11.7. The Hall–Kier alpha value is -4.35. The molecule has 1 heterocycles. The molecule has 12 heteroatoms. The predicted molar refractivity (Wildman–Crippen MR) is 148 cm³/mol. The van der Waals surface area contributed by atoms with Gasteiger partial charge >= 0.3 is 0 Å². The third-order valence-corrected chi connectivity index (χ3v) is 6.70. The van der Waals surface area contributed by atoms with Gasteiger partial charge in [0.05, 0.1) is 33.7 Å². The highest BCUT2D eigenvalue weighted by Crippen LogP contribution is 2.36. The Morgan fingerprint density at radius 3 is 2.56 bits per heavy atom. The summed E-state index contributed by atoms with van der Waals surface area (Å²) in [5, 5.41) is 13.8. The van der Waals surface area contributed by atoms with Crippen molar-refractivity contribution >= 4 is 57.9 Å². The molecule has 0 aromatic heterocycles. The molecule has 1 fully saturated rings. The molecule has 1 aliphatic heterocycles. The number of thioether (sulfide) groups is 1. The lowest BCUT2D eigenvalue weighted by molar-refractivity contribution is -0.385. The molecule has 4 rings (SSSR count). The molecule has 200 valence electrons. The summed E-state index contributed by atoms with van der Waals surface area (Å²) >= 11 is 6.81. The van der Waals surface area contributed by atoms with E-state index in [2.05, 4.69) is 5.32 Å². The van der Waals surface area contributed by atoms with Crippen LogP contribution in [0.1, 0.15) is 18.1 Å². The lowest BCUT2D eigenvalue weighted by Crippen LogP contribution is -2.27. The van der Waals surface area contributed by atoms with Crippen LogP contribution in [0, 0.1) is 10.1 Å². The van der Waals surface area contributed by atoms with Gasteiger partial charge in [-0.05, 0) is 54.6 Å². The summed E-state index contributed by atoms with van der Waals surface area (Å²) in [5.74, 6) is -0.316. The highest BCUT2D eigenvalue weighted by Gasteiger charge is 2.36. The zero-order valence-electron chi connectivity index (χ0n) is 20.6. The van der Waals surface area contributed by atoms with Crippen molar-refractivity contribution in [1.82, 2.24) is 4.90 Å². The Kier molecular flexibility index (Phi) is 8.84. The van der Waals surface area contributed by atoms with Crippen LogP contribution >= 0.6 is 23.4 Å². The number of carbonyl (C=O) groups excluding carboxylic acids is 3. The van der Waals surface area contributed by atoms with Crippen LogP contribution in [0.4, 0.5) is 16.2 Å². The third kappa shape index (κ3) is 6.75. The molecule has 3 amide bonds. The van der Waals surface area contributed by atoms with Gasteiger partial charge in [0.15, 0.2) is 18.1 Å². The number of carbonyl (C=O) groups is 3. The van der Waals surface area contributed by atoms with E-state index in [0.717, 1.165) is 16.7 Å². The van der Waals surface area contributed by atoms with Gasteiger partial charge in [0.25, 0.3) is 22.7 Å². The Morgan fingerprint density at radius 1 is 1.08 bits per heavy atom. The van der Waals surface area contributed by atoms with Gasteiger partial charge in [-0.15, -0.1) is 0 Å². The normalized spacial score (nSPS) is 14.0. The van der Waals surface area contributed by atoms with Crippen molar-refractivity contribution in [1.29, 1.82) is 0 Å². The summed E-state index contributed by atoms with van der Waals surface area (Å²) < 4.78 is 11.3. The van der Waals surface area contributed by atoms with Gasteiger partial charge < -0.3 is 14.8 Å². The second kappa shape index (κ2) is 12.5. The van der Waals surface area contributed by atoms with Gasteiger partial charge in [-0.3, -0.25) is 29.4 Å². The molecule has 10 nitrogen and oxygen atoms in total. The molecule has 0 radical (unpaired) electrons. The first-order chi connectivity index (χ1) is 18.8. The molecular weight excluding hydrogens is 546 g/mol. The van der Waals surface area contributed by atoms with E-state index in [4.69, 9.17) is 21.1 Å². The highest BCUT2D eigenvalue weighted by atomic mass is 35.5. The van der Waals surface area contributed by atoms with Crippen LogP contribution in [0.5, 0.6) is 11.5 Å². The van der Waals surface area contributed by atoms with Crippen LogP contribution in [0.2, 0.25) is 5.02 Å². The number of nitro benzene ring substituents is 1. The number of nitrogens with zero attached hydrogens (tertiary/aromatic N) is 2. The molecule has 0 spiro atoms. The zero-order chi connectivity index (χ0) is 27.9. The summed E-state index contributed by atoms with van der Waals surface area (Å²) in [6, 6.07) is 17.6. The van der Waals surface area contributed by atoms with E-state index in [-0.39, 0.29) is 29.3 Å². The number of nitrogens with one attached hydrogen (secondary N) is 1. The lowest BCUT2D eigenvalue weighted by atomic mass is 10.1. The number of para-hydroxylation sites is 2. The fourth-order valence-electron chi connectivity index (χ4n) is 3.67. The van der Waals surface area contributed by atoms with Crippen molar-refractivity contribution in [3.63, 3.8) is 0 Å². The summed E-state index contributed by atoms with van der Waals surface area (Å²) in [7, 11) is 0. The number of anilines is 1. The molecule has 0 saturated carbocycles. The second-order valence-electron chi connectivity index (χ2n) is 8.11. The van der Waals surface area contributed by atoms with E-state index in [1.165, 1.54) is 24.3 Å². The lowest BCUT2D eigenvalue weighted by Gasteiger charge is -2.13. The topological polar surface area (TPSA) is 128 Å². The first-order valence-corrected chi connectivity index (χ1v) is 12.9. The summed E-state index contributed by atoms with van der Waals surface area (Å²) in [6.07, 6.45) is 1.53. The minimum Gasteiger partial charge on any atom is -0.490 e. The fraction of sp³-hybridized carbons (Fsp3) is 0.148. The third-order valence-electron chi connectivity index (χ3n) is 5.46. The second-order valence-corrected chi connectivity index (χ2v) is 9.51. The zero-order valence-corrected chi connectivity index (χ0v) is 22.2. The smallest absolute Gasteiger partial charge is 0.293 e. The van der Waals surface area contributed by atoms with Crippen LogP contribution < -0.4 is 14.8 Å². The molecule has 3 aromatic carbocycles. The number of amides is 3. The minimum atomic E-state index is -0.558. The number of benzene rings is 3. The quantitative estimate of drug-likeness (QED) is 0.182. The van der Waals surface area contributed by atoms with Crippen LogP contribution in [0.15, 0.2) is 71.6 Å². The van der Waals surface area contributed by atoms with E-state index in [1.54, 1.807) is 55.5 Å². The number of hydrogen-bond donors (Lipinski definition) is 1. The largest absolute Gasteiger partial charge is 0.490 e. The van der Waals surface area contributed by atoms with Crippen molar-refractivity contribution < 1.29 is 28.8 Å². The Morgan fingerprint density at radius 2 is 1.82 bits per heavy atom. The molecule has 1 N–H and O–H groups in total. The van der Waals surface area contributed by atoms with Gasteiger partial charge in [-0.25, -0.2) is 0 Å². The SMILES string of the molecule is CCOc1cc(/C=C2\SC(=O)N(Cc3ccccc3[N+](=O)[O-])C2=O)ccc1OCC(=O)Nc1ccccc1Cl. The summed E-state index contributed by atoms with van der Waals surface area (Å²) in [6.45, 7) is 1.59. The van der Waals surface area contributed by atoms with E-state index < -0.39 is 22.0 Å². The molecule has 3 aromatic rings. The van der Waals surface area contributed by atoms with Gasteiger partial charge in [-0.1, -0.05) is 48.0 Å². The summed E-state index contributed by atoms with van der Waals surface area (Å²) in [4.78, 5) is 49.8. The maximum absolute atomic E-state index is 13.0. The standard InChI is InChI=1S/C27H22ClN3O7S/c1-2-37-23-13-17(11-12-22(23)38-16-25(32)29-20-9-5-4-8-19(20)28)14-24-26(33)30(27(34)39-24)15-18-7-3-6-10-21(18)31(35)36/h3-14H,2,15-16H2,1H3,(H,29,32)/b24-14-. The van der Waals surface area contributed by atoms with Gasteiger partial charge in [0, 0.05) is 11.6 Å². The van der Waals surface area contributed by atoms with Gasteiger partial charge in [-0.2, -0.15) is 0 Å². The van der Waals surface area contributed by atoms with Crippen molar-refractivity contribution in [2.75, 3.05) is 18.5 Å². The monoisotopic (exact) mass is 567 g/mol. The van der Waals surface area contributed by atoms with Crippen LogP contribution in [0.3, 0.4) is 0 Å². The highest BCUT2D eigenvalue weighted by molar-refractivity contribution is 8.18. The molecule has 0 atom stereocenters. The van der Waals surface area contributed by atoms with Crippen molar-refractivity contribution in [2.24, 2.45) is 0 Å². The van der Waals surface area contributed by atoms with E-state index in [9.17, 15) is 24.5 Å². The first kappa shape index (κ1) is 27.7. The minimum absolute atomic E-state index is 0.161.